The number of hydrogen-bond donors (Lipinski definition) is 1. The summed E-state index contributed by atoms with van der Waals surface area (Å²) < 4.78 is 73.7. The summed E-state index contributed by atoms with van der Waals surface area (Å²) in [6, 6.07) is 10.3. The number of allylic oxidation sites excluding steroid dienone is 1. The largest absolute Gasteiger partial charge is 0.493 e. The van der Waals surface area contributed by atoms with Crippen molar-refractivity contribution in [1.82, 2.24) is 0 Å². The van der Waals surface area contributed by atoms with Crippen molar-refractivity contribution in [1.29, 1.82) is 0 Å². The third kappa shape index (κ3) is 5.70. The van der Waals surface area contributed by atoms with Crippen LogP contribution in [0.25, 0.3) is 5.57 Å². The molecule has 0 saturated carbocycles. The summed E-state index contributed by atoms with van der Waals surface area (Å²) in [5, 5.41) is 2.18. The van der Waals surface area contributed by atoms with E-state index in [0.717, 1.165) is 6.07 Å². The van der Waals surface area contributed by atoms with Gasteiger partial charge in [-0.25, -0.2) is 0 Å². The maximum absolute atomic E-state index is 13.2. The number of ether oxygens (including phenoxy) is 2. The number of alkyl halides is 5. The summed E-state index contributed by atoms with van der Waals surface area (Å²) in [5.74, 6) is -1.48. The van der Waals surface area contributed by atoms with Crippen molar-refractivity contribution in [2.45, 2.75) is 12.8 Å². The van der Waals surface area contributed by atoms with Crippen molar-refractivity contribution >= 4 is 17.2 Å². The number of carbonyl (C=O) groups excluding carboxylic acids is 1. The molecule has 0 aliphatic rings. The Kier molecular flexibility index (Phi) is 6.38. The first kappa shape index (κ1) is 20.2. The van der Waals surface area contributed by atoms with Gasteiger partial charge in [0.2, 0.25) is 5.91 Å². The van der Waals surface area contributed by atoms with Crippen LogP contribution >= 0.6 is 0 Å². The number of methoxy groups -OCH3 is 1. The molecule has 27 heavy (non-hydrogen) atoms. The quantitative estimate of drug-likeness (QED) is 0.568. The Morgan fingerprint density at radius 3 is 2.30 bits per heavy atom. The second-order valence-corrected chi connectivity index (χ2v) is 5.16. The van der Waals surface area contributed by atoms with Crippen LogP contribution in [0.4, 0.5) is 27.6 Å². The Morgan fingerprint density at radius 1 is 1.07 bits per heavy atom. The highest BCUT2D eigenvalue weighted by Gasteiger charge is 2.35. The lowest BCUT2D eigenvalue weighted by molar-refractivity contribution is -0.112. The molecule has 0 aliphatic carbocycles. The molecule has 0 aromatic heterocycles. The summed E-state index contributed by atoms with van der Waals surface area (Å²) in [7, 11) is 1.23. The summed E-state index contributed by atoms with van der Waals surface area (Å²) in [4.78, 5) is 12.0. The van der Waals surface area contributed by atoms with Crippen LogP contribution in [0.5, 0.6) is 11.5 Å². The van der Waals surface area contributed by atoms with Crippen molar-refractivity contribution < 1.29 is 36.2 Å². The summed E-state index contributed by atoms with van der Waals surface area (Å²) in [6.45, 7) is -3.14. The molecule has 0 heterocycles. The molecule has 2 rings (SSSR count). The fourth-order valence-corrected chi connectivity index (χ4v) is 2.20. The van der Waals surface area contributed by atoms with Gasteiger partial charge in [0.1, 0.15) is 0 Å². The van der Waals surface area contributed by atoms with Crippen LogP contribution < -0.4 is 14.8 Å². The second kappa shape index (κ2) is 8.52. The lowest BCUT2D eigenvalue weighted by Gasteiger charge is -2.13. The molecule has 2 aromatic carbocycles. The van der Waals surface area contributed by atoms with Crippen LogP contribution in [0, 0.1) is 0 Å². The summed E-state index contributed by atoms with van der Waals surface area (Å²) in [5.41, 5.74) is -1.36. The summed E-state index contributed by atoms with van der Waals surface area (Å²) >= 11 is 0. The average molecular weight is 387 g/mol. The van der Waals surface area contributed by atoms with E-state index in [1.54, 1.807) is 6.07 Å². The number of carbonyl (C=O) groups is 1. The lowest BCUT2D eigenvalue weighted by Crippen LogP contribution is -2.16. The fraction of sp³-hybridized carbons (Fsp3) is 0.167. The minimum absolute atomic E-state index is 0.0240. The Hall–Kier alpha value is -3.10. The molecule has 0 aliphatic heterocycles. The van der Waals surface area contributed by atoms with Crippen LogP contribution in [0.2, 0.25) is 0 Å². The average Bonchev–Trinajstić information content (AvgIpc) is 2.59. The molecule has 0 atom stereocenters. The third-order valence-electron chi connectivity index (χ3n) is 3.31. The van der Waals surface area contributed by atoms with Gasteiger partial charge in [-0.2, -0.15) is 22.0 Å². The molecular formula is C18H14F5NO3. The van der Waals surface area contributed by atoms with Crippen LogP contribution in [0.1, 0.15) is 5.56 Å². The fourth-order valence-electron chi connectivity index (χ4n) is 2.20. The predicted octanol–water partition coefficient (Wildman–Crippen LogP) is 4.88. The van der Waals surface area contributed by atoms with E-state index in [-0.39, 0.29) is 22.7 Å². The minimum atomic E-state index is -4.76. The maximum Gasteiger partial charge on any atom is 0.417 e. The molecule has 0 bridgehead atoms. The first-order chi connectivity index (χ1) is 12.7. The standard InChI is InChI=1S/C18H14F5NO3/c1-26-14-8-7-12(9-15(14)27-17(19)20)24-16(25)10-13(18(21,22)23)11-5-3-2-4-6-11/h2-10,17H,1H3,(H,24,25)/b13-10-. The van der Waals surface area contributed by atoms with Crippen LogP contribution in [-0.2, 0) is 4.79 Å². The zero-order chi connectivity index (χ0) is 20.0. The van der Waals surface area contributed by atoms with Gasteiger partial charge in [0.05, 0.1) is 12.7 Å². The van der Waals surface area contributed by atoms with Crippen LogP contribution in [0.15, 0.2) is 54.6 Å². The van der Waals surface area contributed by atoms with Gasteiger partial charge >= 0.3 is 12.8 Å². The number of anilines is 1. The van der Waals surface area contributed by atoms with E-state index in [2.05, 4.69) is 10.1 Å². The zero-order valence-electron chi connectivity index (χ0n) is 13.9. The molecule has 2 aromatic rings. The van der Waals surface area contributed by atoms with Gasteiger partial charge in [0.25, 0.3) is 0 Å². The van der Waals surface area contributed by atoms with E-state index in [1.165, 1.54) is 43.5 Å². The minimum Gasteiger partial charge on any atom is -0.493 e. The highest BCUT2D eigenvalue weighted by Crippen LogP contribution is 2.34. The molecule has 0 fully saturated rings. The molecule has 9 heteroatoms. The van der Waals surface area contributed by atoms with E-state index >= 15 is 0 Å². The van der Waals surface area contributed by atoms with Crippen molar-refractivity contribution in [3.05, 3.63) is 60.2 Å². The van der Waals surface area contributed by atoms with Gasteiger partial charge in [-0.05, 0) is 17.7 Å². The SMILES string of the molecule is COc1ccc(NC(=O)/C=C(/c2ccccc2)C(F)(F)F)cc1OC(F)F. The van der Waals surface area contributed by atoms with E-state index in [1.807, 2.05) is 0 Å². The maximum atomic E-state index is 13.2. The highest BCUT2D eigenvalue weighted by atomic mass is 19.4. The zero-order valence-corrected chi connectivity index (χ0v) is 13.9. The van der Waals surface area contributed by atoms with Crippen LogP contribution in [0.3, 0.4) is 0 Å². The molecule has 144 valence electrons. The van der Waals surface area contributed by atoms with Gasteiger partial charge in [-0.15, -0.1) is 0 Å². The van der Waals surface area contributed by atoms with Crippen LogP contribution in [-0.4, -0.2) is 25.8 Å². The lowest BCUT2D eigenvalue weighted by atomic mass is 10.1. The van der Waals surface area contributed by atoms with Crippen molar-refractivity contribution in [3.8, 4) is 11.5 Å². The molecular weight excluding hydrogens is 373 g/mol. The molecule has 1 amide bonds. The topological polar surface area (TPSA) is 47.6 Å². The van der Waals surface area contributed by atoms with Gasteiger partial charge < -0.3 is 14.8 Å². The molecule has 0 saturated heterocycles. The number of amides is 1. The third-order valence-corrected chi connectivity index (χ3v) is 3.31. The monoisotopic (exact) mass is 387 g/mol. The van der Waals surface area contributed by atoms with Gasteiger partial charge in [0, 0.05) is 17.8 Å². The number of hydrogen-bond acceptors (Lipinski definition) is 3. The van der Waals surface area contributed by atoms with E-state index < -0.39 is 24.3 Å². The van der Waals surface area contributed by atoms with E-state index in [0.29, 0.717) is 6.08 Å². The summed E-state index contributed by atoms with van der Waals surface area (Å²) in [6.07, 6.45) is -4.37. The smallest absolute Gasteiger partial charge is 0.417 e. The highest BCUT2D eigenvalue weighted by molar-refractivity contribution is 6.04. The predicted molar refractivity (Wildman–Crippen MR) is 88.7 cm³/mol. The van der Waals surface area contributed by atoms with E-state index in [9.17, 15) is 26.7 Å². The van der Waals surface area contributed by atoms with Gasteiger partial charge in [-0.1, -0.05) is 30.3 Å². The molecule has 1 N–H and O–H groups in total. The van der Waals surface area contributed by atoms with E-state index in [4.69, 9.17) is 4.74 Å². The number of rotatable bonds is 6. The molecule has 0 spiro atoms. The number of benzene rings is 2. The van der Waals surface area contributed by atoms with Gasteiger partial charge in [-0.3, -0.25) is 4.79 Å². The molecule has 0 radical (unpaired) electrons. The van der Waals surface area contributed by atoms with Crippen molar-refractivity contribution in [3.63, 3.8) is 0 Å². The Labute approximate surface area is 151 Å². The Balaban J connectivity index is 2.28. The van der Waals surface area contributed by atoms with Gasteiger partial charge in [0.15, 0.2) is 11.5 Å². The normalized spacial score (nSPS) is 12.0. The molecule has 4 nitrogen and oxygen atoms in total. The Bertz CT molecular complexity index is 819. The first-order valence-corrected chi connectivity index (χ1v) is 7.49. The van der Waals surface area contributed by atoms with Crippen molar-refractivity contribution in [2.24, 2.45) is 0 Å². The second-order valence-electron chi connectivity index (χ2n) is 5.16. The van der Waals surface area contributed by atoms with Crippen molar-refractivity contribution in [2.75, 3.05) is 12.4 Å². The number of halogens is 5. The molecule has 0 unspecified atom stereocenters. The number of nitrogens with one attached hydrogen (secondary N) is 1. The first-order valence-electron chi connectivity index (χ1n) is 7.49. The Morgan fingerprint density at radius 2 is 1.74 bits per heavy atom.